The van der Waals surface area contributed by atoms with Gasteiger partial charge in [0, 0.05) is 28.2 Å². The summed E-state index contributed by atoms with van der Waals surface area (Å²) in [6.07, 6.45) is -15.6. The first-order valence-corrected chi connectivity index (χ1v) is 59.0. The highest BCUT2D eigenvalue weighted by Gasteiger charge is 2.63. The van der Waals surface area contributed by atoms with Crippen LogP contribution in [0.4, 0.5) is 79.0 Å². The van der Waals surface area contributed by atoms with Gasteiger partial charge >= 0.3 is 66.9 Å². The van der Waals surface area contributed by atoms with E-state index in [1.165, 1.54) is 193 Å². The Kier molecular flexibility index (Phi) is 66.0. The zero-order valence-corrected chi connectivity index (χ0v) is 96.2. The standard InChI is InChI=1S/C16H28O2.C14H22.C12H22F3NO.C12H26O2Si.C10H17F3O2.C10H20O.C10H14.C9H12F6O2.C8H10F6O2.C8H20Si/c1-4-16(2,3)15(17)18-14-11-7-9-12-8-5-6-10-13(12)14;1-6-11(2)12-7-9-13(10-8-12)14(3,4)5;1-7-11(6,12(13,14)15)10(17)16(8(2)3)9(4)5;1-7-12(2,3)11(13)14-9-8-10-15(4,5)6;1-6-9(5,10(11,12)13)7(14)15-8(2,3)4;1-3-9(2)11-10-7-5-4-6-8-10;1-3-9(2)10-7-5-4-6-8-10;1-4-7(2,3)6(16)17-5(8(10,11)12)9(13,14)15;1-3-4(2)5(15)16-6(7(9,10)11)8(12,13)14;1-6-8(2)7-9(3,4)5/h12-14H,4-11H2,1-3H3;7-11H,6H2,1-5H3;8-9H,7H2,1-6H3;7-10H2,1-6H3;6H2,1-5H3;9-10H,3-8H2,1-2H3;4-9H,3H2,1-2H3;5H,4H2,1-3H3;4,6H,3H2,1-2H3;8H,6-7H2,1-5H3. The average Bonchev–Trinajstić information content (AvgIpc) is 0.779. The largest absolute Gasteiger partial charge is 0.465 e. The Morgan fingerprint density at radius 2 is 0.803 bits per heavy atom. The van der Waals surface area contributed by atoms with Crippen LogP contribution in [0, 0.1) is 50.7 Å². The van der Waals surface area contributed by atoms with Crippen molar-refractivity contribution < 1.29 is 136 Å². The highest BCUT2D eigenvalue weighted by atomic mass is 28.3. The minimum atomic E-state index is -5.67. The number of rotatable bonds is 31. The Morgan fingerprint density at radius 1 is 0.408 bits per heavy atom. The Balaban J connectivity index is -0.000000492. The van der Waals surface area contributed by atoms with Crippen molar-refractivity contribution in [3.8, 4) is 0 Å². The summed E-state index contributed by atoms with van der Waals surface area (Å²) in [6, 6.07) is 22.0. The molecule has 3 saturated carbocycles. The Hall–Kier alpha value is -5.61. The van der Waals surface area contributed by atoms with E-state index in [1.54, 1.807) is 27.7 Å². The number of carbonyl (C=O) groups excluding carboxylic acids is 6. The van der Waals surface area contributed by atoms with Gasteiger partial charge in [-0.05, 0) is 265 Å². The number of alkyl halides is 18. The molecule has 13 nitrogen and oxygen atoms in total. The maximum absolute atomic E-state index is 13.0. The lowest BCUT2D eigenvalue weighted by Crippen LogP contribution is -2.54. The molecule has 10 atom stereocenters. The molecule has 0 N–H and O–H groups in total. The molecule has 33 heteroatoms. The van der Waals surface area contributed by atoms with Gasteiger partial charge in [-0.3, -0.25) is 28.8 Å². The van der Waals surface area contributed by atoms with Crippen molar-refractivity contribution >= 4 is 51.9 Å². The second-order valence-electron chi connectivity index (χ2n) is 45.7. The fourth-order valence-corrected chi connectivity index (χ4v) is 17.7. The summed E-state index contributed by atoms with van der Waals surface area (Å²) in [4.78, 5) is 70.7. The van der Waals surface area contributed by atoms with E-state index in [4.69, 9.17) is 18.9 Å². The van der Waals surface area contributed by atoms with E-state index in [9.17, 15) is 108 Å². The third kappa shape index (κ3) is 58.4. The van der Waals surface area contributed by atoms with Gasteiger partial charge < -0.3 is 33.3 Å². The minimum Gasteiger partial charge on any atom is -0.465 e. The fourth-order valence-electron chi connectivity index (χ4n) is 14.1. The molecule has 0 bridgehead atoms. The molecule has 3 fully saturated rings. The number of benzene rings is 2. The van der Waals surface area contributed by atoms with Crippen LogP contribution in [0.5, 0.6) is 0 Å². The number of esters is 5. The molecule has 0 radical (unpaired) electrons. The molecule has 3 aliphatic carbocycles. The quantitative estimate of drug-likeness (QED) is 0.0231. The summed E-state index contributed by atoms with van der Waals surface area (Å²) < 4.78 is 250. The summed E-state index contributed by atoms with van der Waals surface area (Å²) in [6.45, 7) is 74.2. The first-order chi connectivity index (χ1) is 64.0. The van der Waals surface area contributed by atoms with Crippen molar-refractivity contribution in [2.45, 2.75) is 530 Å². The van der Waals surface area contributed by atoms with Crippen LogP contribution in [-0.2, 0) is 62.6 Å². The molecule has 142 heavy (non-hydrogen) atoms. The number of hydrogen-bond acceptors (Lipinski definition) is 12. The third-order valence-corrected chi connectivity index (χ3v) is 30.3. The SMILES string of the molecule is CCC(C)(C(=O)N(C(C)C)C(C)C)C(F)(F)F.CCC(C)(C(=O)OC(C)(C)C)C(F)(F)F.CCC(C)(C)C(=O)OC(C(F)(F)F)C(F)(F)F.CCC(C)(C)C(=O)OC1CCCC2CCCCC21.CCC(C)(C)C(=O)OCCC[Si](C)(C)C.CCC(C)C(=O)OC(C(F)(F)F)C(F)(F)F.CCC(C)C[Si](C)(C)C.CCC(C)OC1CCCCC1.CCC(C)c1ccc(C(C)(C)C)cc1.CCC(C)c1ccccc1. The maximum atomic E-state index is 13.0. The van der Waals surface area contributed by atoms with E-state index in [2.05, 4.69) is 186 Å². The molecule has 3 aliphatic rings. The lowest BCUT2D eigenvalue weighted by atomic mass is 9.69. The lowest BCUT2D eigenvalue weighted by Gasteiger charge is -2.41. The van der Waals surface area contributed by atoms with Crippen molar-refractivity contribution in [3.63, 3.8) is 0 Å². The number of amides is 1. The number of hydrogen-bond donors (Lipinski definition) is 0. The molecule has 5 rings (SSSR count). The summed E-state index contributed by atoms with van der Waals surface area (Å²) in [5, 5.41) is 0. The molecule has 0 heterocycles. The van der Waals surface area contributed by atoms with E-state index in [-0.39, 0.29) is 72.1 Å². The van der Waals surface area contributed by atoms with E-state index in [0.29, 0.717) is 36.6 Å². The molecule has 0 aliphatic heterocycles. The number of nitrogens with zero attached hydrogens (tertiary/aromatic N) is 1. The molecule has 2 aromatic rings. The Bertz CT molecular complexity index is 3720. The first-order valence-electron chi connectivity index (χ1n) is 51.6. The predicted molar refractivity (Wildman–Crippen MR) is 545 cm³/mol. The highest BCUT2D eigenvalue weighted by molar-refractivity contribution is 6.76. The van der Waals surface area contributed by atoms with Crippen LogP contribution in [-0.4, -0.2) is 149 Å². The van der Waals surface area contributed by atoms with E-state index < -0.39 is 117 Å². The van der Waals surface area contributed by atoms with Gasteiger partial charge in [-0.15, -0.1) is 0 Å². The summed E-state index contributed by atoms with van der Waals surface area (Å²) in [7, 11) is -1.72. The fraction of sp³-hybridized carbons (Fsp3) is 0.835. The normalized spacial score (nSPS) is 17.7. The summed E-state index contributed by atoms with van der Waals surface area (Å²) in [5.41, 5.74) is -3.04. The van der Waals surface area contributed by atoms with Crippen molar-refractivity contribution in [3.05, 3.63) is 71.3 Å². The molecule has 1 amide bonds. The molecular weight excluding hydrogens is 1910 g/mol. The van der Waals surface area contributed by atoms with Gasteiger partial charge in [-0.1, -0.05) is 269 Å². The topological polar surface area (TPSA) is 161 Å². The first kappa shape index (κ1) is 145. The molecule has 0 saturated heterocycles. The Morgan fingerprint density at radius 3 is 1.15 bits per heavy atom. The van der Waals surface area contributed by atoms with E-state index in [1.807, 2.05) is 34.6 Å². The van der Waals surface area contributed by atoms with Gasteiger partial charge in [0.05, 0.1) is 41.0 Å². The molecular formula is C109H191F18NO12Si2. The molecule has 0 spiro atoms. The number of carbonyl (C=O) groups is 6. The van der Waals surface area contributed by atoms with Gasteiger partial charge in [0.15, 0.2) is 5.41 Å². The van der Waals surface area contributed by atoms with Crippen molar-refractivity contribution in [1.29, 1.82) is 0 Å². The van der Waals surface area contributed by atoms with E-state index >= 15 is 0 Å². The van der Waals surface area contributed by atoms with Crippen molar-refractivity contribution in [2.24, 2.45) is 50.7 Å². The van der Waals surface area contributed by atoms with Gasteiger partial charge in [-0.2, -0.15) is 79.0 Å². The average molecular weight is 2110 g/mol. The van der Waals surface area contributed by atoms with Crippen LogP contribution >= 0.6 is 0 Å². The highest BCUT2D eigenvalue weighted by Crippen LogP contribution is 2.47. The van der Waals surface area contributed by atoms with E-state index in [0.717, 1.165) is 57.8 Å². The summed E-state index contributed by atoms with van der Waals surface area (Å²) in [5.74, 6) is -2.31. The van der Waals surface area contributed by atoms with Crippen LogP contribution in [0.15, 0.2) is 54.6 Å². The zero-order valence-electron chi connectivity index (χ0n) is 94.2. The third-order valence-electron chi connectivity index (χ3n) is 26.5. The van der Waals surface area contributed by atoms with Crippen molar-refractivity contribution in [2.75, 3.05) is 6.61 Å². The number of fused-ring (bicyclic) bond motifs is 1. The van der Waals surface area contributed by atoms with Crippen LogP contribution in [0.1, 0.15) is 405 Å². The smallest absolute Gasteiger partial charge is 0.434 e. The summed E-state index contributed by atoms with van der Waals surface area (Å²) >= 11 is 0. The second kappa shape index (κ2) is 64.7. The monoisotopic (exact) mass is 2100 g/mol. The van der Waals surface area contributed by atoms with Gasteiger partial charge in [0.2, 0.25) is 5.91 Å². The maximum Gasteiger partial charge on any atom is 0.434 e. The molecule has 0 aromatic heterocycles. The van der Waals surface area contributed by atoms with Gasteiger partial charge in [0.25, 0.3) is 12.2 Å². The van der Waals surface area contributed by atoms with Gasteiger partial charge in [-0.25, -0.2) is 0 Å². The molecule has 2 aromatic carbocycles. The van der Waals surface area contributed by atoms with Crippen molar-refractivity contribution in [1.82, 2.24) is 4.90 Å². The van der Waals surface area contributed by atoms with Crippen LogP contribution in [0.3, 0.4) is 0 Å². The lowest BCUT2D eigenvalue weighted by molar-refractivity contribution is -0.315. The molecule has 838 valence electrons. The number of halogens is 18. The minimum absolute atomic E-state index is 0.0150. The second-order valence-corrected chi connectivity index (χ2v) is 56.9. The number of ether oxygens (including phenoxy) is 6. The van der Waals surface area contributed by atoms with Crippen LogP contribution < -0.4 is 0 Å². The zero-order chi connectivity index (χ0) is 113. The van der Waals surface area contributed by atoms with Crippen LogP contribution in [0.25, 0.3) is 0 Å². The molecule has 10 unspecified atom stereocenters. The Labute approximate surface area is 847 Å². The predicted octanol–water partition coefficient (Wildman–Crippen LogP) is 35.7. The van der Waals surface area contributed by atoms with Gasteiger partial charge in [0.1, 0.15) is 17.1 Å². The van der Waals surface area contributed by atoms with Crippen LogP contribution in [0.2, 0.25) is 51.4 Å².